The second-order valence-corrected chi connectivity index (χ2v) is 7.16. The summed E-state index contributed by atoms with van der Waals surface area (Å²) >= 11 is 1.64. The number of hydrogen-bond acceptors (Lipinski definition) is 6. The Kier molecular flexibility index (Phi) is 4.00. The molecule has 8 nitrogen and oxygen atoms in total. The number of aromatic amines is 1. The summed E-state index contributed by atoms with van der Waals surface area (Å²) in [6.07, 6.45) is 1.99. The van der Waals surface area contributed by atoms with E-state index < -0.39 is 11.2 Å². The van der Waals surface area contributed by atoms with Gasteiger partial charge >= 0.3 is 5.69 Å². The van der Waals surface area contributed by atoms with Crippen LogP contribution in [0.15, 0.2) is 40.1 Å². The van der Waals surface area contributed by atoms with Gasteiger partial charge in [0.15, 0.2) is 0 Å². The van der Waals surface area contributed by atoms with Gasteiger partial charge in [0.25, 0.3) is 5.56 Å². The first-order valence-electron chi connectivity index (χ1n) is 8.09. The first-order valence-corrected chi connectivity index (χ1v) is 8.91. The van der Waals surface area contributed by atoms with E-state index in [1.807, 2.05) is 32.0 Å². The quantitative estimate of drug-likeness (QED) is 0.590. The van der Waals surface area contributed by atoms with E-state index in [0.717, 1.165) is 26.7 Å². The number of hydrogen-bond donors (Lipinski definition) is 1. The molecule has 9 heteroatoms. The van der Waals surface area contributed by atoms with E-state index in [2.05, 4.69) is 20.1 Å². The van der Waals surface area contributed by atoms with Crippen LogP contribution in [0, 0.1) is 13.8 Å². The van der Waals surface area contributed by atoms with Crippen LogP contribution in [0.25, 0.3) is 15.9 Å². The molecule has 0 radical (unpaired) electrons. The van der Waals surface area contributed by atoms with Crippen LogP contribution in [0.1, 0.15) is 16.7 Å². The van der Waals surface area contributed by atoms with Crippen molar-refractivity contribution in [2.75, 3.05) is 0 Å². The first-order chi connectivity index (χ1) is 12.5. The fourth-order valence-corrected chi connectivity index (χ4v) is 3.69. The Morgan fingerprint density at radius 2 is 2.00 bits per heavy atom. The molecule has 4 rings (SSSR count). The smallest absolute Gasteiger partial charge is 0.300 e. The van der Waals surface area contributed by atoms with Gasteiger partial charge in [-0.05, 0) is 32.0 Å². The number of rotatable bonds is 4. The van der Waals surface area contributed by atoms with Gasteiger partial charge in [0.2, 0.25) is 0 Å². The number of thiazole rings is 1. The van der Waals surface area contributed by atoms with Gasteiger partial charge in [-0.1, -0.05) is 0 Å². The van der Waals surface area contributed by atoms with Crippen LogP contribution >= 0.6 is 11.3 Å². The molecule has 1 aromatic carbocycles. The Labute approximate surface area is 151 Å². The third kappa shape index (κ3) is 3.08. The standard InChI is InChI=1S/C17H16N6O2S/c1-10-18-15(5-7-22-8-6-16(24)20-17(22)25)23(21-10)12-3-4-13-14(9-12)26-11(2)19-13/h3-4,6,8-9H,5,7H2,1-2H3,(H,20,24,25). The van der Waals surface area contributed by atoms with Crippen molar-refractivity contribution in [3.8, 4) is 5.69 Å². The minimum absolute atomic E-state index is 0.398. The predicted octanol–water partition coefficient (Wildman–Crippen LogP) is 1.59. The van der Waals surface area contributed by atoms with Gasteiger partial charge in [0.1, 0.15) is 11.6 Å². The molecule has 0 spiro atoms. The van der Waals surface area contributed by atoms with Crippen LogP contribution in [-0.2, 0) is 13.0 Å². The largest absolute Gasteiger partial charge is 0.328 e. The average molecular weight is 368 g/mol. The molecule has 0 fully saturated rings. The predicted molar refractivity (Wildman–Crippen MR) is 99.0 cm³/mol. The van der Waals surface area contributed by atoms with Crippen LogP contribution in [-0.4, -0.2) is 29.3 Å². The van der Waals surface area contributed by atoms with Gasteiger partial charge in [-0.15, -0.1) is 11.3 Å². The molecule has 3 heterocycles. The summed E-state index contributed by atoms with van der Waals surface area (Å²) in [7, 11) is 0. The van der Waals surface area contributed by atoms with E-state index >= 15 is 0 Å². The highest BCUT2D eigenvalue weighted by Crippen LogP contribution is 2.24. The fraction of sp³-hybridized carbons (Fsp3) is 0.235. The molecular weight excluding hydrogens is 352 g/mol. The second kappa shape index (κ2) is 6.34. The number of H-pyrrole nitrogens is 1. The van der Waals surface area contributed by atoms with Crippen LogP contribution in [0.2, 0.25) is 0 Å². The Morgan fingerprint density at radius 1 is 1.15 bits per heavy atom. The van der Waals surface area contributed by atoms with Crippen molar-refractivity contribution in [3.63, 3.8) is 0 Å². The van der Waals surface area contributed by atoms with E-state index in [1.54, 1.807) is 16.0 Å². The zero-order valence-electron chi connectivity index (χ0n) is 14.3. The number of nitrogens with one attached hydrogen (secondary N) is 1. The van der Waals surface area contributed by atoms with Crippen LogP contribution < -0.4 is 11.2 Å². The monoisotopic (exact) mass is 368 g/mol. The molecule has 3 aromatic heterocycles. The van der Waals surface area contributed by atoms with Gasteiger partial charge in [-0.2, -0.15) is 5.10 Å². The molecule has 0 amide bonds. The molecule has 132 valence electrons. The topological polar surface area (TPSA) is 98.5 Å². The molecule has 0 saturated heterocycles. The van der Waals surface area contributed by atoms with Crippen molar-refractivity contribution in [1.29, 1.82) is 0 Å². The Balaban J connectivity index is 1.67. The van der Waals surface area contributed by atoms with E-state index in [4.69, 9.17) is 0 Å². The molecule has 0 saturated carbocycles. The highest BCUT2D eigenvalue weighted by atomic mass is 32.1. The molecule has 0 bridgehead atoms. The SMILES string of the molecule is Cc1nc(CCn2ccc(=O)[nH]c2=O)n(-c2ccc3nc(C)sc3c2)n1. The van der Waals surface area contributed by atoms with Crippen LogP contribution in [0.5, 0.6) is 0 Å². The lowest BCUT2D eigenvalue weighted by Crippen LogP contribution is -2.29. The second-order valence-electron chi connectivity index (χ2n) is 5.93. The molecule has 0 aliphatic carbocycles. The summed E-state index contributed by atoms with van der Waals surface area (Å²) in [5.41, 5.74) is 1.04. The molecule has 0 unspecified atom stereocenters. The molecule has 4 aromatic rings. The summed E-state index contributed by atoms with van der Waals surface area (Å²) in [6.45, 7) is 4.22. The van der Waals surface area contributed by atoms with Gasteiger partial charge in [0, 0.05) is 25.2 Å². The van der Waals surface area contributed by atoms with Gasteiger partial charge in [-0.25, -0.2) is 19.4 Å². The third-order valence-electron chi connectivity index (χ3n) is 3.98. The molecule has 0 aliphatic rings. The van der Waals surface area contributed by atoms with E-state index in [-0.39, 0.29) is 0 Å². The summed E-state index contributed by atoms with van der Waals surface area (Å²) in [4.78, 5) is 34.2. The Morgan fingerprint density at radius 3 is 2.81 bits per heavy atom. The molecule has 0 atom stereocenters. The molecular formula is C17H16N6O2S. The van der Waals surface area contributed by atoms with Crippen LogP contribution in [0.4, 0.5) is 0 Å². The van der Waals surface area contributed by atoms with Gasteiger partial charge < -0.3 is 4.57 Å². The van der Waals surface area contributed by atoms with Crippen molar-refractivity contribution in [1.82, 2.24) is 29.3 Å². The molecule has 26 heavy (non-hydrogen) atoms. The first kappa shape index (κ1) is 16.4. The lowest BCUT2D eigenvalue weighted by Gasteiger charge is -2.07. The molecule has 0 aliphatic heterocycles. The maximum Gasteiger partial charge on any atom is 0.328 e. The van der Waals surface area contributed by atoms with E-state index in [1.165, 1.54) is 16.8 Å². The molecule has 1 N–H and O–H groups in total. The maximum absolute atomic E-state index is 11.8. The van der Waals surface area contributed by atoms with Crippen molar-refractivity contribution < 1.29 is 0 Å². The fourth-order valence-electron chi connectivity index (χ4n) is 2.83. The minimum Gasteiger partial charge on any atom is -0.300 e. The van der Waals surface area contributed by atoms with Gasteiger partial charge in [0.05, 0.1) is 20.9 Å². The van der Waals surface area contributed by atoms with Crippen molar-refractivity contribution in [2.45, 2.75) is 26.8 Å². The van der Waals surface area contributed by atoms with E-state index in [0.29, 0.717) is 18.8 Å². The third-order valence-corrected chi connectivity index (χ3v) is 4.91. The normalized spacial score (nSPS) is 11.3. The summed E-state index contributed by atoms with van der Waals surface area (Å²) in [6, 6.07) is 7.31. The zero-order valence-corrected chi connectivity index (χ0v) is 15.1. The number of fused-ring (bicyclic) bond motifs is 1. The van der Waals surface area contributed by atoms with Crippen LogP contribution in [0.3, 0.4) is 0 Å². The zero-order chi connectivity index (χ0) is 18.3. The van der Waals surface area contributed by atoms with Gasteiger partial charge in [-0.3, -0.25) is 9.78 Å². The number of nitrogens with zero attached hydrogens (tertiary/aromatic N) is 5. The minimum atomic E-state index is -0.429. The Hall–Kier alpha value is -3.07. The average Bonchev–Trinajstić information content (AvgIpc) is 3.14. The summed E-state index contributed by atoms with van der Waals surface area (Å²) in [5, 5.41) is 5.51. The number of aromatic nitrogens is 6. The van der Waals surface area contributed by atoms with Crippen molar-refractivity contribution in [2.24, 2.45) is 0 Å². The lowest BCUT2D eigenvalue weighted by atomic mass is 10.3. The van der Waals surface area contributed by atoms with Crippen molar-refractivity contribution >= 4 is 21.6 Å². The Bertz CT molecular complexity index is 1220. The lowest BCUT2D eigenvalue weighted by molar-refractivity contribution is 0.616. The summed E-state index contributed by atoms with van der Waals surface area (Å²) < 4.78 is 4.34. The highest BCUT2D eigenvalue weighted by Gasteiger charge is 2.12. The number of benzene rings is 1. The maximum atomic E-state index is 11.8. The highest BCUT2D eigenvalue weighted by molar-refractivity contribution is 7.18. The van der Waals surface area contributed by atoms with E-state index in [9.17, 15) is 9.59 Å². The summed E-state index contributed by atoms with van der Waals surface area (Å²) in [5.74, 6) is 1.41. The number of aryl methyl sites for hydroxylation is 4. The van der Waals surface area contributed by atoms with Crippen molar-refractivity contribution in [3.05, 3.63) is 68.0 Å².